The summed E-state index contributed by atoms with van der Waals surface area (Å²) in [6, 6.07) is -2.45. The molecule has 0 fully saturated rings. The Morgan fingerprint density at radius 2 is 1.65 bits per heavy atom. The van der Waals surface area contributed by atoms with E-state index in [0.717, 1.165) is 0 Å². The SMILES string of the molecule is NCC(=O)NC(CO)C(=O)NCC(=O)NC(CCCN=C(N)N)C(=O)O. The molecule has 0 bridgehead atoms. The van der Waals surface area contributed by atoms with Crippen LogP contribution in [0, 0.1) is 0 Å². The van der Waals surface area contributed by atoms with Crippen LogP contribution < -0.4 is 33.2 Å². The summed E-state index contributed by atoms with van der Waals surface area (Å²) in [4.78, 5) is 49.5. The maximum Gasteiger partial charge on any atom is 0.326 e. The maximum atomic E-state index is 11.8. The Bertz CT molecular complexity index is 535. The molecule has 0 rings (SSSR count). The van der Waals surface area contributed by atoms with Crippen molar-refractivity contribution in [3.8, 4) is 0 Å². The molecule has 0 aromatic carbocycles. The van der Waals surface area contributed by atoms with Crippen LogP contribution in [0.2, 0.25) is 0 Å². The number of nitrogens with two attached hydrogens (primary N) is 3. The molecular formula is C13H25N7O6. The minimum Gasteiger partial charge on any atom is -0.480 e. The van der Waals surface area contributed by atoms with Gasteiger partial charge < -0.3 is 43.4 Å². The number of carbonyl (C=O) groups excluding carboxylic acids is 3. The van der Waals surface area contributed by atoms with E-state index in [1.807, 2.05) is 0 Å². The van der Waals surface area contributed by atoms with E-state index in [4.69, 9.17) is 27.4 Å². The van der Waals surface area contributed by atoms with Gasteiger partial charge in [0.05, 0.1) is 19.7 Å². The smallest absolute Gasteiger partial charge is 0.326 e. The van der Waals surface area contributed by atoms with Gasteiger partial charge in [-0.25, -0.2) is 4.79 Å². The molecular weight excluding hydrogens is 350 g/mol. The molecule has 26 heavy (non-hydrogen) atoms. The summed E-state index contributed by atoms with van der Waals surface area (Å²) in [5.41, 5.74) is 15.4. The van der Waals surface area contributed by atoms with Crippen LogP contribution >= 0.6 is 0 Å². The number of aliphatic imine (C=N–C) groups is 1. The molecule has 0 radical (unpaired) electrons. The largest absolute Gasteiger partial charge is 0.480 e. The Morgan fingerprint density at radius 1 is 1.04 bits per heavy atom. The van der Waals surface area contributed by atoms with Crippen LogP contribution in [0.5, 0.6) is 0 Å². The minimum atomic E-state index is -1.27. The number of hydrogen-bond acceptors (Lipinski definition) is 7. The van der Waals surface area contributed by atoms with Crippen molar-refractivity contribution in [3.63, 3.8) is 0 Å². The molecule has 0 saturated heterocycles. The molecule has 0 saturated carbocycles. The Kier molecular flexibility index (Phi) is 11.0. The third-order valence-electron chi connectivity index (χ3n) is 3.02. The third-order valence-corrected chi connectivity index (χ3v) is 3.02. The average molecular weight is 375 g/mol. The molecule has 0 spiro atoms. The number of aliphatic hydroxyl groups excluding tert-OH is 1. The monoisotopic (exact) mass is 375 g/mol. The van der Waals surface area contributed by atoms with Gasteiger partial charge in [0.2, 0.25) is 17.7 Å². The highest BCUT2D eigenvalue weighted by molar-refractivity contribution is 5.91. The Balaban J connectivity index is 4.41. The average Bonchev–Trinajstić information content (AvgIpc) is 2.59. The number of amides is 3. The predicted molar refractivity (Wildman–Crippen MR) is 90.6 cm³/mol. The molecule has 0 aliphatic heterocycles. The van der Waals surface area contributed by atoms with Crippen molar-refractivity contribution in [1.29, 1.82) is 0 Å². The fourth-order valence-electron chi connectivity index (χ4n) is 1.74. The number of aliphatic hydroxyl groups is 1. The van der Waals surface area contributed by atoms with E-state index < -0.39 is 48.9 Å². The summed E-state index contributed by atoms with van der Waals surface area (Å²) < 4.78 is 0. The van der Waals surface area contributed by atoms with E-state index in [9.17, 15) is 19.2 Å². The second-order valence-corrected chi connectivity index (χ2v) is 5.13. The molecule has 3 amide bonds. The lowest BCUT2D eigenvalue weighted by Gasteiger charge is -2.17. The molecule has 0 aromatic heterocycles. The van der Waals surface area contributed by atoms with E-state index in [1.54, 1.807) is 0 Å². The first-order chi connectivity index (χ1) is 12.2. The fourth-order valence-corrected chi connectivity index (χ4v) is 1.74. The standard InChI is InChI=1S/C13H25N7O6/c14-4-9(22)20-8(6-21)11(24)18-5-10(23)19-7(12(25)26)2-1-3-17-13(15)16/h7-8,21H,1-6,14H2,(H,18,24)(H,19,23)(H,20,22)(H,25,26)(H4,15,16,17). The fraction of sp³-hybridized carbons (Fsp3) is 0.615. The highest BCUT2D eigenvalue weighted by Gasteiger charge is 2.22. The van der Waals surface area contributed by atoms with Gasteiger partial charge in [-0.1, -0.05) is 0 Å². The number of nitrogens with zero attached hydrogens (tertiary/aromatic N) is 1. The van der Waals surface area contributed by atoms with Crippen molar-refractivity contribution in [2.75, 3.05) is 26.2 Å². The van der Waals surface area contributed by atoms with Crippen LogP contribution in [-0.2, 0) is 19.2 Å². The second kappa shape index (κ2) is 12.4. The number of rotatable bonds is 12. The lowest BCUT2D eigenvalue weighted by molar-refractivity contribution is -0.142. The molecule has 11 N–H and O–H groups in total. The molecule has 0 aliphatic carbocycles. The number of carboxylic acids is 1. The number of carboxylic acid groups (broad SMARTS) is 1. The zero-order valence-electron chi connectivity index (χ0n) is 14.1. The van der Waals surface area contributed by atoms with Crippen molar-refractivity contribution < 1.29 is 29.4 Å². The number of carbonyl (C=O) groups is 4. The number of nitrogens with one attached hydrogen (secondary N) is 3. The number of hydrogen-bond donors (Lipinski definition) is 8. The quantitative estimate of drug-likeness (QED) is 0.0925. The summed E-state index contributed by atoms with van der Waals surface area (Å²) in [5, 5.41) is 24.7. The van der Waals surface area contributed by atoms with Crippen molar-refractivity contribution >= 4 is 29.7 Å². The molecule has 13 heteroatoms. The zero-order chi connectivity index (χ0) is 20.1. The predicted octanol–water partition coefficient (Wildman–Crippen LogP) is -4.84. The van der Waals surface area contributed by atoms with Crippen molar-refractivity contribution in [2.45, 2.75) is 24.9 Å². The summed E-state index contributed by atoms with van der Waals surface area (Å²) in [6.45, 7) is -1.39. The van der Waals surface area contributed by atoms with E-state index in [1.165, 1.54) is 0 Å². The van der Waals surface area contributed by atoms with Crippen LogP contribution in [0.15, 0.2) is 4.99 Å². The zero-order valence-corrected chi connectivity index (χ0v) is 14.1. The van der Waals surface area contributed by atoms with Gasteiger partial charge in [-0.3, -0.25) is 19.4 Å². The maximum absolute atomic E-state index is 11.8. The van der Waals surface area contributed by atoms with Crippen molar-refractivity contribution in [1.82, 2.24) is 16.0 Å². The lowest BCUT2D eigenvalue weighted by Crippen LogP contribution is -2.53. The number of aliphatic carboxylic acids is 1. The molecule has 13 nitrogen and oxygen atoms in total. The van der Waals surface area contributed by atoms with Crippen LogP contribution in [0.3, 0.4) is 0 Å². The van der Waals surface area contributed by atoms with Gasteiger partial charge in [-0.15, -0.1) is 0 Å². The third kappa shape index (κ3) is 10.0. The van der Waals surface area contributed by atoms with Crippen LogP contribution in [0.1, 0.15) is 12.8 Å². The minimum absolute atomic E-state index is 0.0810. The van der Waals surface area contributed by atoms with Gasteiger partial charge in [-0.2, -0.15) is 0 Å². The highest BCUT2D eigenvalue weighted by atomic mass is 16.4. The van der Waals surface area contributed by atoms with Crippen LogP contribution in [0.4, 0.5) is 0 Å². The first-order valence-corrected chi connectivity index (χ1v) is 7.66. The summed E-state index contributed by atoms with van der Waals surface area (Å²) >= 11 is 0. The number of guanidine groups is 1. The van der Waals surface area contributed by atoms with Gasteiger partial charge in [0.15, 0.2) is 5.96 Å². The van der Waals surface area contributed by atoms with Crippen LogP contribution in [-0.4, -0.2) is 78.2 Å². The Hall–Kier alpha value is -2.93. The Labute approximate surface area is 149 Å². The van der Waals surface area contributed by atoms with Gasteiger partial charge in [-0.05, 0) is 12.8 Å². The highest BCUT2D eigenvalue weighted by Crippen LogP contribution is 1.98. The normalized spacial score (nSPS) is 12.4. The van der Waals surface area contributed by atoms with E-state index in [-0.39, 0.29) is 25.5 Å². The molecule has 0 aromatic rings. The molecule has 0 heterocycles. The summed E-state index contributed by atoms with van der Waals surface area (Å²) in [5.74, 6) is -3.60. The topological polar surface area (TPSA) is 235 Å². The van der Waals surface area contributed by atoms with Gasteiger partial charge in [0.25, 0.3) is 0 Å². The first kappa shape index (κ1) is 23.1. The van der Waals surface area contributed by atoms with Crippen LogP contribution in [0.25, 0.3) is 0 Å². The van der Waals surface area contributed by atoms with Gasteiger partial charge >= 0.3 is 5.97 Å². The van der Waals surface area contributed by atoms with E-state index in [0.29, 0.717) is 6.42 Å². The van der Waals surface area contributed by atoms with Crippen molar-refractivity contribution in [3.05, 3.63) is 0 Å². The molecule has 0 aliphatic rings. The molecule has 2 atom stereocenters. The lowest BCUT2D eigenvalue weighted by atomic mass is 10.1. The van der Waals surface area contributed by atoms with E-state index >= 15 is 0 Å². The second-order valence-electron chi connectivity index (χ2n) is 5.13. The van der Waals surface area contributed by atoms with Crippen molar-refractivity contribution in [2.24, 2.45) is 22.2 Å². The molecule has 148 valence electrons. The van der Waals surface area contributed by atoms with Gasteiger partial charge in [0, 0.05) is 6.54 Å². The molecule has 2 unspecified atom stereocenters. The van der Waals surface area contributed by atoms with Gasteiger partial charge in [0.1, 0.15) is 12.1 Å². The Morgan fingerprint density at radius 3 is 2.15 bits per heavy atom. The summed E-state index contributed by atoms with van der Waals surface area (Å²) in [6.07, 6.45) is 0.400. The van der Waals surface area contributed by atoms with E-state index in [2.05, 4.69) is 20.9 Å². The first-order valence-electron chi connectivity index (χ1n) is 7.66. The summed E-state index contributed by atoms with van der Waals surface area (Å²) in [7, 11) is 0.